The summed E-state index contributed by atoms with van der Waals surface area (Å²) >= 11 is 3.47. The van der Waals surface area contributed by atoms with Crippen LogP contribution < -0.4 is 4.74 Å². The highest BCUT2D eigenvalue weighted by Gasteiger charge is 2.17. The summed E-state index contributed by atoms with van der Waals surface area (Å²) in [5.41, 5.74) is 0. The van der Waals surface area contributed by atoms with Crippen molar-refractivity contribution in [2.24, 2.45) is 5.92 Å². The topological polar surface area (TPSA) is 31.4 Å². The molecular weight excluding hydrogens is 294 g/mol. The zero-order chi connectivity index (χ0) is 12.4. The zero-order valence-electron chi connectivity index (χ0n) is 9.93. The van der Waals surface area contributed by atoms with Gasteiger partial charge in [0.2, 0.25) is 5.88 Å². The third-order valence-corrected chi connectivity index (χ3v) is 3.66. The minimum atomic E-state index is 0.498. The Kier molecular flexibility index (Phi) is 3.48. The van der Waals surface area contributed by atoms with Gasteiger partial charge in [0.15, 0.2) is 0 Å². The summed E-state index contributed by atoms with van der Waals surface area (Å²) in [6.45, 7) is 2.34. The van der Waals surface area contributed by atoms with Gasteiger partial charge in [-0.25, -0.2) is 4.98 Å². The number of hydrogen-bond acceptors (Lipinski definition) is 3. The summed E-state index contributed by atoms with van der Waals surface area (Å²) in [6.07, 6.45) is 2.87. The van der Waals surface area contributed by atoms with Crippen LogP contribution in [-0.2, 0) is 4.74 Å². The molecule has 1 aliphatic heterocycles. The van der Waals surface area contributed by atoms with Crippen molar-refractivity contribution < 1.29 is 9.47 Å². The minimum Gasteiger partial charge on any atom is -0.477 e. The van der Waals surface area contributed by atoms with Crippen molar-refractivity contribution in [3.05, 3.63) is 34.9 Å². The van der Waals surface area contributed by atoms with Gasteiger partial charge in [0.05, 0.1) is 13.2 Å². The molecule has 2 aromatic rings. The number of rotatable bonds is 3. The molecule has 0 N–H and O–H groups in total. The molecule has 18 heavy (non-hydrogen) atoms. The van der Waals surface area contributed by atoms with E-state index >= 15 is 0 Å². The van der Waals surface area contributed by atoms with Gasteiger partial charge in [0, 0.05) is 28.6 Å². The van der Waals surface area contributed by atoms with Crippen molar-refractivity contribution in [1.82, 2.24) is 4.98 Å². The smallest absolute Gasteiger partial charge is 0.221 e. The number of hydrogen-bond donors (Lipinski definition) is 0. The quantitative estimate of drug-likeness (QED) is 0.871. The second kappa shape index (κ2) is 5.24. The van der Waals surface area contributed by atoms with Crippen LogP contribution in [0.2, 0.25) is 0 Å². The van der Waals surface area contributed by atoms with E-state index in [1.165, 1.54) is 0 Å². The Bertz CT molecular complexity index is 552. The van der Waals surface area contributed by atoms with E-state index in [9.17, 15) is 0 Å². The molecule has 0 radical (unpaired) electrons. The van der Waals surface area contributed by atoms with E-state index in [4.69, 9.17) is 9.47 Å². The summed E-state index contributed by atoms with van der Waals surface area (Å²) in [6, 6.07) is 8.11. The number of fused-ring (bicyclic) bond motifs is 1. The molecule has 0 unspecified atom stereocenters. The van der Waals surface area contributed by atoms with Crippen molar-refractivity contribution in [2.45, 2.75) is 6.42 Å². The number of halogens is 1. The standard InChI is InChI=1S/C14H14BrNO2/c15-12-1-2-13-11(7-12)3-5-16-14(13)18-9-10-4-6-17-8-10/h1-3,5,7,10H,4,6,8-9H2/t10-/m0/s1. The Hall–Kier alpha value is -1.13. The highest BCUT2D eigenvalue weighted by atomic mass is 79.9. The van der Waals surface area contributed by atoms with Gasteiger partial charge < -0.3 is 9.47 Å². The lowest BCUT2D eigenvalue weighted by Gasteiger charge is -2.11. The minimum absolute atomic E-state index is 0.498. The molecule has 1 saturated heterocycles. The monoisotopic (exact) mass is 307 g/mol. The molecule has 1 aromatic heterocycles. The van der Waals surface area contributed by atoms with Gasteiger partial charge in [-0.05, 0) is 36.1 Å². The molecule has 0 aliphatic carbocycles. The van der Waals surface area contributed by atoms with Gasteiger partial charge in [0.1, 0.15) is 0 Å². The third kappa shape index (κ3) is 2.49. The predicted octanol–water partition coefficient (Wildman–Crippen LogP) is 3.41. The van der Waals surface area contributed by atoms with E-state index in [0.29, 0.717) is 18.4 Å². The number of aromatic nitrogens is 1. The molecule has 4 heteroatoms. The second-order valence-corrected chi connectivity index (χ2v) is 5.44. The maximum atomic E-state index is 5.84. The molecule has 2 heterocycles. The van der Waals surface area contributed by atoms with Gasteiger partial charge in [-0.15, -0.1) is 0 Å². The normalized spacial score (nSPS) is 19.3. The molecular formula is C14H14BrNO2. The Morgan fingerprint density at radius 2 is 2.33 bits per heavy atom. The van der Waals surface area contributed by atoms with Crippen molar-refractivity contribution in [1.29, 1.82) is 0 Å². The fraction of sp³-hybridized carbons (Fsp3) is 0.357. The Morgan fingerprint density at radius 1 is 1.39 bits per heavy atom. The van der Waals surface area contributed by atoms with E-state index in [-0.39, 0.29) is 0 Å². The van der Waals surface area contributed by atoms with Gasteiger partial charge in [-0.1, -0.05) is 15.9 Å². The Morgan fingerprint density at radius 3 is 3.17 bits per heavy atom. The fourth-order valence-corrected chi connectivity index (χ4v) is 2.53. The highest BCUT2D eigenvalue weighted by molar-refractivity contribution is 9.10. The van der Waals surface area contributed by atoms with Gasteiger partial charge in [-0.2, -0.15) is 0 Å². The molecule has 0 saturated carbocycles. The third-order valence-electron chi connectivity index (χ3n) is 3.17. The predicted molar refractivity (Wildman–Crippen MR) is 73.9 cm³/mol. The first-order valence-corrected chi connectivity index (χ1v) is 6.87. The van der Waals surface area contributed by atoms with Gasteiger partial charge >= 0.3 is 0 Å². The summed E-state index contributed by atoms with van der Waals surface area (Å²) < 4.78 is 12.2. The van der Waals surface area contributed by atoms with Crippen molar-refractivity contribution in [3.63, 3.8) is 0 Å². The van der Waals surface area contributed by atoms with E-state index < -0.39 is 0 Å². The summed E-state index contributed by atoms with van der Waals surface area (Å²) in [5.74, 6) is 1.21. The second-order valence-electron chi connectivity index (χ2n) is 4.52. The molecule has 0 amide bonds. The van der Waals surface area contributed by atoms with Gasteiger partial charge in [-0.3, -0.25) is 0 Å². The first-order chi connectivity index (χ1) is 8.83. The average Bonchev–Trinajstić information content (AvgIpc) is 2.89. The number of benzene rings is 1. The van der Waals surface area contributed by atoms with Crippen molar-refractivity contribution >= 4 is 26.7 Å². The lowest BCUT2D eigenvalue weighted by molar-refractivity contribution is 0.166. The molecule has 3 rings (SSSR count). The molecule has 1 aliphatic rings. The van der Waals surface area contributed by atoms with Crippen LogP contribution >= 0.6 is 15.9 Å². The van der Waals surface area contributed by atoms with Crippen LogP contribution in [0.1, 0.15) is 6.42 Å². The van der Waals surface area contributed by atoms with E-state index in [0.717, 1.165) is 34.9 Å². The van der Waals surface area contributed by atoms with E-state index in [2.05, 4.69) is 27.0 Å². The number of nitrogens with zero attached hydrogens (tertiary/aromatic N) is 1. The van der Waals surface area contributed by atoms with Crippen LogP contribution in [0.3, 0.4) is 0 Å². The first-order valence-electron chi connectivity index (χ1n) is 6.08. The van der Waals surface area contributed by atoms with E-state index in [1.54, 1.807) is 6.20 Å². The number of pyridine rings is 1. The fourth-order valence-electron chi connectivity index (χ4n) is 2.15. The van der Waals surface area contributed by atoms with E-state index in [1.807, 2.05) is 18.2 Å². The van der Waals surface area contributed by atoms with Crippen molar-refractivity contribution in [2.75, 3.05) is 19.8 Å². The van der Waals surface area contributed by atoms with Crippen LogP contribution in [0.4, 0.5) is 0 Å². The maximum absolute atomic E-state index is 5.84. The average molecular weight is 308 g/mol. The Labute approximate surface area is 114 Å². The molecule has 0 bridgehead atoms. The lowest BCUT2D eigenvalue weighted by atomic mass is 10.1. The molecule has 1 aromatic carbocycles. The van der Waals surface area contributed by atoms with Crippen LogP contribution in [0.25, 0.3) is 10.8 Å². The molecule has 1 fully saturated rings. The van der Waals surface area contributed by atoms with Crippen molar-refractivity contribution in [3.8, 4) is 5.88 Å². The molecule has 94 valence electrons. The van der Waals surface area contributed by atoms with Crippen LogP contribution in [-0.4, -0.2) is 24.8 Å². The Balaban J connectivity index is 1.82. The molecule has 3 nitrogen and oxygen atoms in total. The summed E-state index contributed by atoms with van der Waals surface area (Å²) in [4.78, 5) is 4.32. The number of ether oxygens (including phenoxy) is 2. The van der Waals surface area contributed by atoms with Crippen LogP contribution in [0, 0.1) is 5.92 Å². The lowest BCUT2D eigenvalue weighted by Crippen LogP contribution is -2.12. The summed E-state index contributed by atoms with van der Waals surface area (Å²) in [7, 11) is 0. The largest absolute Gasteiger partial charge is 0.477 e. The first kappa shape index (κ1) is 11.9. The maximum Gasteiger partial charge on any atom is 0.221 e. The highest BCUT2D eigenvalue weighted by Crippen LogP contribution is 2.26. The molecule has 1 atom stereocenters. The van der Waals surface area contributed by atoms with Gasteiger partial charge in [0.25, 0.3) is 0 Å². The molecule has 0 spiro atoms. The summed E-state index contributed by atoms with van der Waals surface area (Å²) in [5, 5.41) is 2.19. The van der Waals surface area contributed by atoms with Crippen LogP contribution in [0.15, 0.2) is 34.9 Å². The van der Waals surface area contributed by atoms with Crippen LogP contribution in [0.5, 0.6) is 5.88 Å². The SMILES string of the molecule is Brc1ccc2c(OC[C@H]3CCOC3)nccc2c1. The zero-order valence-corrected chi connectivity index (χ0v) is 11.5.